The van der Waals surface area contributed by atoms with Crippen molar-refractivity contribution in [2.24, 2.45) is 4.99 Å². The van der Waals surface area contributed by atoms with E-state index in [1.807, 2.05) is 12.1 Å². The summed E-state index contributed by atoms with van der Waals surface area (Å²) in [7, 11) is 4.17. The molecule has 0 saturated carbocycles. The Hall–Kier alpha value is -2.44. The maximum atomic E-state index is 9.47. The fourth-order valence-corrected chi connectivity index (χ4v) is 3.30. The second-order valence-electron chi connectivity index (χ2n) is 6.49. The first-order valence-electron chi connectivity index (χ1n) is 8.50. The van der Waals surface area contributed by atoms with Crippen LogP contribution >= 0.6 is 0 Å². The van der Waals surface area contributed by atoms with E-state index in [1.54, 1.807) is 0 Å². The zero-order chi connectivity index (χ0) is 16.9. The zero-order valence-corrected chi connectivity index (χ0v) is 14.4. The highest BCUT2D eigenvalue weighted by Crippen LogP contribution is 2.27. The van der Waals surface area contributed by atoms with Gasteiger partial charge in [-0.15, -0.1) is 0 Å². The quantitative estimate of drug-likeness (QED) is 0.810. The largest absolute Gasteiger partial charge is 0.309 e. The van der Waals surface area contributed by atoms with Gasteiger partial charge in [0.25, 0.3) is 0 Å². The highest BCUT2D eigenvalue weighted by Gasteiger charge is 2.20. The average molecular weight is 317 g/mol. The van der Waals surface area contributed by atoms with Crippen molar-refractivity contribution in [3.05, 3.63) is 70.3 Å². The van der Waals surface area contributed by atoms with Gasteiger partial charge in [0, 0.05) is 17.7 Å². The van der Waals surface area contributed by atoms with Gasteiger partial charge in [0.1, 0.15) is 0 Å². The minimum absolute atomic E-state index is 0.779. The van der Waals surface area contributed by atoms with Crippen LogP contribution in [-0.2, 0) is 12.8 Å². The lowest BCUT2D eigenvalue weighted by atomic mass is 9.95. The molecule has 1 aliphatic rings. The van der Waals surface area contributed by atoms with Crippen LogP contribution in [0.5, 0.6) is 0 Å². The number of fused-ring (bicyclic) bond motifs is 2. The van der Waals surface area contributed by atoms with Gasteiger partial charge in [-0.2, -0.15) is 5.26 Å². The predicted molar refractivity (Wildman–Crippen MR) is 98.7 cm³/mol. The van der Waals surface area contributed by atoms with E-state index in [2.05, 4.69) is 55.4 Å². The zero-order valence-electron chi connectivity index (χ0n) is 14.4. The van der Waals surface area contributed by atoms with Crippen LogP contribution < -0.4 is 0 Å². The molecule has 1 aliphatic carbocycles. The topological polar surface area (TPSA) is 39.4 Å². The summed E-state index contributed by atoms with van der Waals surface area (Å²) in [5.74, 6) is 0. The van der Waals surface area contributed by atoms with Gasteiger partial charge < -0.3 is 4.90 Å². The molecule has 0 unspecified atom stereocenters. The maximum Gasteiger partial charge on any atom is 0.0994 e. The van der Waals surface area contributed by atoms with Crippen molar-refractivity contribution in [3.63, 3.8) is 0 Å². The highest BCUT2D eigenvalue weighted by molar-refractivity contribution is 6.15. The van der Waals surface area contributed by atoms with Gasteiger partial charge in [-0.3, -0.25) is 4.99 Å². The van der Waals surface area contributed by atoms with Gasteiger partial charge in [-0.25, -0.2) is 0 Å². The van der Waals surface area contributed by atoms with Gasteiger partial charge in [-0.05, 0) is 57.1 Å². The molecule has 0 radical (unpaired) electrons. The smallest absolute Gasteiger partial charge is 0.0994 e. The first-order chi connectivity index (χ1) is 11.7. The van der Waals surface area contributed by atoms with Crippen molar-refractivity contribution in [1.29, 1.82) is 5.26 Å². The summed E-state index contributed by atoms with van der Waals surface area (Å²) in [4.78, 5) is 7.14. The average Bonchev–Trinajstić information content (AvgIpc) is 2.75. The van der Waals surface area contributed by atoms with E-state index in [1.165, 1.54) is 11.1 Å². The second-order valence-corrected chi connectivity index (χ2v) is 6.49. The Bertz CT molecular complexity index is 797. The third-order valence-electron chi connectivity index (χ3n) is 4.50. The van der Waals surface area contributed by atoms with Crippen molar-refractivity contribution in [3.8, 4) is 6.07 Å². The van der Waals surface area contributed by atoms with Crippen LogP contribution in [0.25, 0.3) is 0 Å². The Morgan fingerprint density at radius 1 is 1.04 bits per heavy atom. The summed E-state index contributed by atoms with van der Waals surface area (Å²) in [6.07, 6.45) is 2.89. The second kappa shape index (κ2) is 7.42. The molecular formula is C21H23N3. The fourth-order valence-electron chi connectivity index (χ4n) is 3.30. The van der Waals surface area contributed by atoms with E-state index >= 15 is 0 Å². The predicted octanol–water partition coefficient (Wildman–Crippen LogP) is 3.45. The van der Waals surface area contributed by atoms with Crippen LogP contribution in [0.15, 0.2) is 47.5 Å². The molecule has 0 spiro atoms. The van der Waals surface area contributed by atoms with Crippen LogP contribution in [0.1, 0.15) is 34.2 Å². The Labute approximate surface area is 144 Å². The molecule has 0 aliphatic heterocycles. The number of nitrogens with zero attached hydrogens (tertiary/aromatic N) is 3. The van der Waals surface area contributed by atoms with Crippen LogP contribution in [0.2, 0.25) is 0 Å². The van der Waals surface area contributed by atoms with E-state index < -0.39 is 0 Å². The van der Waals surface area contributed by atoms with Gasteiger partial charge in [0.05, 0.1) is 17.3 Å². The van der Waals surface area contributed by atoms with Crippen molar-refractivity contribution in [2.45, 2.75) is 19.3 Å². The Morgan fingerprint density at radius 3 is 2.62 bits per heavy atom. The summed E-state index contributed by atoms with van der Waals surface area (Å²) >= 11 is 0. The lowest BCUT2D eigenvalue weighted by Crippen LogP contribution is -2.14. The molecule has 3 heteroatoms. The van der Waals surface area contributed by atoms with Crippen molar-refractivity contribution in [1.82, 2.24) is 4.90 Å². The van der Waals surface area contributed by atoms with E-state index in [-0.39, 0.29) is 0 Å². The fraction of sp³-hybridized carbons (Fsp3) is 0.333. The first kappa shape index (κ1) is 16.4. The standard InChI is InChI=1S/C21H23N3/c1-24(2)14-6-13-23-21-19-9-4-3-7-16(19)11-12-18-17(15-22)8-5-10-20(18)21/h3-5,7-10H,6,11-14H2,1-2H3. The number of nitriles is 1. The van der Waals surface area contributed by atoms with Crippen LogP contribution in [0, 0.1) is 11.3 Å². The molecule has 122 valence electrons. The van der Waals surface area contributed by atoms with E-state index in [4.69, 9.17) is 4.99 Å². The number of aryl methyl sites for hydroxylation is 1. The lowest BCUT2D eigenvalue weighted by molar-refractivity contribution is 0.403. The van der Waals surface area contributed by atoms with Gasteiger partial charge >= 0.3 is 0 Å². The molecule has 0 heterocycles. The van der Waals surface area contributed by atoms with Crippen LogP contribution in [0.3, 0.4) is 0 Å². The lowest BCUT2D eigenvalue weighted by Gasteiger charge is -2.12. The van der Waals surface area contributed by atoms with Crippen LogP contribution in [-0.4, -0.2) is 37.8 Å². The normalized spacial score (nSPS) is 14.8. The number of benzene rings is 2. The monoisotopic (exact) mass is 317 g/mol. The molecule has 0 saturated heterocycles. The van der Waals surface area contributed by atoms with Crippen LogP contribution in [0.4, 0.5) is 0 Å². The van der Waals surface area contributed by atoms with Crippen molar-refractivity contribution < 1.29 is 0 Å². The molecule has 2 aromatic carbocycles. The summed E-state index contributed by atoms with van der Waals surface area (Å²) < 4.78 is 0. The Balaban J connectivity index is 2.05. The van der Waals surface area contributed by atoms with Gasteiger partial charge in [0.15, 0.2) is 0 Å². The third kappa shape index (κ3) is 3.39. The minimum Gasteiger partial charge on any atom is -0.309 e. The van der Waals surface area contributed by atoms with E-state index in [9.17, 15) is 5.26 Å². The molecule has 0 aromatic heterocycles. The summed E-state index contributed by atoms with van der Waals surface area (Å²) in [5.41, 5.74) is 6.64. The molecule has 2 aromatic rings. The molecule has 3 nitrogen and oxygen atoms in total. The summed E-state index contributed by atoms with van der Waals surface area (Å²) in [5, 5.41) is 9.47. The molecule has 0 amide bonds. The number of hydrogen-bond donors (Lipinski definition) is 0. The summed E-state index contributed by atoms with van der Waals surface area (Å²) in [6.45, 7) is 1.83. The molecular weight excluding hydrogens is 294 g/mol. The van der Waals surface area contributed by atoms with E-state index in [0.717, 1.165) is 54.8 Å². The highest BCUT2D eigenvalue weighted by atomic mass is 15.0. The summed E-state index contributed by atoms with van der Waals surface area (Å²) in [6, 6.07) is 16.9. The van der Waals surface area contributed by atoms with Crippen molar-refractivity contribution >= 4 is 5.71 Å². The van der Waals surface area contributed by atoms with Crippen molar-refractivity contribution in [2.75, 3.05) is 27.2 Å². The minimum atomic E-state index is 0.779. The SMILES string of the molecule is CN(C)CCCN=C1c2ccccc2CCc2c(C#N)cccc21. The Morgan fingerprint density at radius 2 is 1.83 bits per heavy atom. The number of rotatable bonds is 4. The number of aliphatic imine (C=N–C) groups is 1. The first-order valence-corrected chi connectivity index (χ1v) is 8.50. The molecule has 24 heavy (non-hydrogen) atoms. The maximum absolute atomic E-state index is 9.47. The molecule has 0 atom stereocenters. The number of hydrogen-bond acceptors (Lipinski definition) is 3. The molecule has 0 bridgehead atoms. The molecule has 0 N–H and O–H groups in total. The Kier molecular flexibility index (Phi) is 5.08. The third-order valence-corrected chi connectivity index (χ3v) is 4.50. The van der Waals surface area contributed by atoms with Gasteiger partial charge in [0.2, 0.25) is 0 Å². The van der Waals surface area contributed by atoms with Gasteiger partial charge in [-0.1, -0.05) is 36.4 Å². The van der Waals surface area contributed by atoms with E-state index in [0.29, 0.717) is 0 Å². The molecule has 3 rings (SSSR count). The molecule has 0 fully saturated rings.